The van der Waals surface area contributed by atoms with Gasteiger partial charge in [-0.3, -0.25) is 29.2 Å². The summed E-state index contributed by atoms with van der Waals surface area (Å²) in [7, 11) is 0. The lowest BCUT2D eigenvalue weighted by Crippen LogP contribution is -2.37. The van der Waals surface area contributed by atoms with Crippen molar-refractivity contribution in [3.05, 3.63) is 0 Å². The summed E-state index contributed by atoms with van der Waals surface area (Å²) < 4.78 is 72.0. The van der Waals surface area contributed by atoms with Crippen LogP contribution < -0.4 is 0 Å². The molecule has 0 aliphatic carbocycles. The summed E-state index contributed by atoms with van der Waals surface area (Å²) >= 11 is 0. The minimum atomic E-state index is 0.213. The summed E-state index contributed by atoms with van der Waals surface area (Å²) in [4.78, 5) is 40.1. The molecule has 3 saturated heterocycles. The molecule has 616 valence electrons. The van der Waals surface area contributed by atoms with E-state index in [-0.39, 0.29) is 11.8 Å². The van der Waals surface area contributed by atoms with Crippen molar-refractivity contribution < 1.29 is 66.4 Å². The standard InChI is InChI=1S/C84H166N6O14/c1-3-5-7-9-11-17-23-29-35-41-83(91)89-55-67-101-79-75-97-63-51-87(52-64-98-76-80-102-68-56-89)45-39-33-27-21-15-13-19-25-31-37-43-85-47-59-93-71-73-95-61-49-86(50-62-96-74-72-94-60-48-85)44-38-32-26-20-14-16-22-28-34-40-46-88-53-65-99-77-81-103-69-57-90(58-70-104-82-78-100-66-54-88)84(92)42-36-30-24-18-12-10-8-6-4-2/h3-82H2,1-2H3. The van der Waals surface area contributed by atoms with Crippen molar-refractivity contribution in [1.82, 2.24) is 29.4 Å². The maximum Gasteiger partial charge on any atom is 0.222 e. The Morgan fingerprint density at radius 3 is 0.500 bits per heavy atom. The van der Waals surface area contributed by atoms with Gasteiger partial charge in [0.15, 0.2) is 0 Å². The van der Waals surface area contributed by atoms with Gasteiger partial charge in [-0.1, -0.05) is 219 Å². The minimum Gasteiger partial charge on any atom is -0.378 e. The van der Waals surface area contributed by atoms with E-state index in [4.69, 9.17) is 56.8 Å². The fourth-order valence-electron chi connectivity index (χ4n) is 13.9. The highest BCUT2D eigenvalue weighted by Gasteiger charge is 2.17. The van der Waals surface area contributed by atoms with Crippen LogP contribution in [-0.2, 0) is 66.4 Å². The molecule has 3 aliphatic heterocycles. The molecule has 0 unspecified atom stereocenters. The lowest BCUT2D eigenvalue weighted by atomic mass is 10.1. The smallest absolute Gasteiger partial charge is 0.222 e. The van der Waals surface area contributed by atoms with E-state index in [9.17, 15) is 9.59 Å². The predicted octanol–water partition coefficient (Wildman–Crippen LogP) is 14.7. The Bertz CT molecular complexity index is 1590. The molecule has 20 nitrogen and oxygen atoms in total. The Morgan fingerprint density at radius 2 is 0.327 bits per heavy atom. The van der Waals surface area contributed by atoms with E-state index in [2.05, 4.69) is 33.4 Å². The molecule has 0 saturated carbocycles. The van der Waals surface area contributed by atoms with Crippen molar-refractivity contribution in [2.75, 3.05) is 263 Å². The number of ether oxygens (including phenoxy) is 12. The zero-order chi connectivity index (χ0) is 73.7. The second-order valence-corrected chi connectivity index (χ2v) is 29.7. The number of unbranched alkanes of at least 4 members (excludes halogenated alkanes) is 34. The largest absolute Gasteiger partial charge is 0.378 e. The Hall–Kier alpha value is -1.70. The number of hydrogen-bond acceptors (Lipinski definition) is 18. The summed E-state index contributed by atoms with van der Waals surface area (Å²) in [5.74, 6) is 0.426. The molecule has 0 spiro atoms. The number of rotatable bonds is 46. The van der Waals surface area contributed by atoms with E-state index in [0.29, 0.717) is 171 Å². The molecule has 0 atom stereocenters. The second kappa shape index (κ2) is 78.0. The zero-order valence-corrected chi connectivity index (χ0v) is 68.0. The molecule has 0 aromatic heterocycles. The third-order valence-electron chi connectivity index (χ3n) is 20.8. The van der Waals surface area contributed by atoms with Crippen molar-refractivity contribution >= 4 is 11.8 Å². The average molecular weight is 1480 g/mol. The summed E-state index contributed by atoms with van der Waals surface area (Å²) in [6.07, 6.45) is 49.5. The van der Waals surface area contributed by atoms with Crippen LogP contribution in [0.5, 0.6) is 0 Å². The fraction of sp³-hybridized carbons (Fsp3) is 0.976. The van der Waals surface area contributed by atoms with Gasteiger partial charge in [0.1, 0.15) is 0 Å². The van der Waals surface area contributed by atoms with Gasteiger partial charge in [-0.15, -0.1) is 0 Å². The molecule has 0 aromatic carbocycles. The van der Waals surface area contributed by atoms with E-state index in [1.54, 1.807) is 0 Å². The van der Waals surface area contributed by atoms with Gasteiger partial charge in [-0.05, 0) is 64.7 Å². The van der Waals surface area contributed by atoms with Crippen LogP contribution >= 0.6 is 0 Å². The van der Waals surface area contributed by atoms with Gasteiger partial charge in [0.25, 0.3) is 0 Å². The highest BCUT2D eigenvalue weighted by atomic mass is 16.5. The number of amides is 2. The summed E-state index contributed by atoms with van der Waals surface area (Å²) in [5.41, 5.74) is 0. The van der Waals surface area contributed by atoms with Gasteiger partial charge in [0, 0.05) is 91.4 Å². The van der Waals surface area contributed by atoms with Crippen molar-refractivity contribution in [2.24, 2.45) is 0 Å². The highest BCUT2D eigenvalue weighted by Crippen LogP contribution is 2.17. The molecule has 3 fully saturated rings. The van der Waals surface area contributed by atoms with E-state index in [1.807, 2.05) is 9.80 Å². The number of carbonyl (C=O) groups excluding carboxylic acids is 2. The second-order valence-electron chi connectivity index (χ2n) is 29.7. The molecule has 3 rings (SSSR count). The third kappa shape index (κ3) is 64.0. The zero-order valence-electron chi connectivity index (χ0n) is 68.0. The normalized spacial score (nSPS) is 19.4. The molecular formula is C84H166N6O14. The van der Waals surface area contributed by atoms with Gasteiger partial charge in [0.2, 0.25) is 11.8 Å². The molecule has 3 aliphatic rings. The molecule has 3 heterocycles. The first kappa shape index (κ1) is 96.5. The topological polar surface area (TPSA) is 164 Å². The molecule has 0 aromatic rings. The van der Waals surface area contributed by atoms with E-state index in [1.165, 1.54) is 218 Å². The lowest BCUT2D eigenvalue weighted by molar-refractivity contribution is -0.133. The minimum absolute atomic E-state index is 0.213. The van der Waals surface area contributed by atoms with Crippen LogP contribution in [0.3, 0.4) is 0 Å². The van der Waals surface area contributed by atoms with Gasteiger partial charge in [0.05, 0.1) is 159 Å². The number of carbonyl (C=O) groups is 2. The van der Waals surface area contributed by atoms with Crippen LogP contribution in [0.15, 0.2) is 0 Å². The van der Waals surface area contributed by atoms with E-state index >= 15 is 0 Å². The maximum atomic E-state index is 13.1. The Morgan fingerprint density at radius 1 is 0.183 bits per heavy atom. The first-order valence-electron chi connectivity index (χ1n) is 44.0. The number of nitrogens with zero attached hydrogens (tertiary/aromatic N) is 6. The average Bonchev–Trinajstić information content (AvgIpc) is 1.30. The van der Waals surface area contributed by atoms with Crippen molar-refractivity contribution in [2.45, 2.75) is 271 Å². The summed E-state index contributed by atoms with van der Waals surface area (Å²) in [5, 5.41) is 0. The molecule has 0 N–H and O–H groups in total. The van der Waals surface area contributed by atoms with Crippen molar-refractivity contribution in [3.8, 4) is 0 Å². The predicted molar refractivity (Wildman–Crippen MR) is 425 cm³/mol. The molecule has 20 heteroatoms. The molecular weight excluding hydrogens is 1320 g/mol. The third-order valence-corrected chi connectivity index (χ3v) is 20.8. The van der Waals surface area contributed by atoms with E-state index < -0.39 is 0 Å². The number of hydrogen-bond donors (Lipinski definition) is 0. The highest BCUT2D eigenvalue weighted by molar-refractivity contribution is 5.76. The van der Waals surface area contributed by atoms with E-state index in [0.717, 1.165) is 131 Å². The Balaban J connectivity index is 1.13. The van der Waals surface area contributed by atoms with Crippen LogP contribution in [-0.4, -0.2) is 304 Å². The van der Waals surface area contributed by atoms with Gasteiger partial charge < -0.3 is 66.6 Å². The quantitative estimate of drug-likeness (QED) is 0.0528. The molecule has 2 amide bonds. The first-order chi connectivity index (χ1) is 51.6. The van der Waals surface area contributed by atoms with Gasteiger partial charge in [-0.25, -0.2) is 0 Å². The molecule has 0 radical (unpaired) electrons. The summed E-state index contributed by atoms with van der Waals surface area (Å²) in [6, 6.07) is 0. The lowest BCUT2D eigenvalue weighted by Gasteiger charge is -2.24. The Kier molecular flexibility index (Phi) is 72.4. The van der Waals surface area contributed by atoms with Crippen LogP contribution in [0.4, 0.5) is 0 Å². The van der Waals surface area contributed by atoms with Crippen LogP contribution in [0.2, 0.25) is 0 Å². The summed E-state index contributed by atoms with van der Waals surface area (Å²) in [6.45, 7) is 33.3. The van der Waals surface area contributed by atoms with Crippen molar-refractivity contribution in [1.29, 1.82) is 0 Å². The maximum absolute atomic E-state index is 13.1. The first-order valence-corrected chi connectivity index (χ1v) is 44.0. The van der Waals surface area contributed by atoms with Crippen LogP contribution in [0.1, 0.15) is 271 Å². The van der Waals surface area contributed by atoms with Gasteiger partial charge in [-0.2, -0.15) is 0 Å². The van der Waals surface area contributed by atoms with Crippen LogP contribution in [0, 0.1) is 0 Å². The van der Waals surface area contributed by atoms with Gasteiger partial charge >= 0.3 is 0 Å². The SMILES string of the molecule is CCCCCCCCCCCC(=O)N1CCOCCOCCN(CCCCCCCCCCCCN2CCOCCOCCN(CCCCCCCCCCCCN3CCOCCOCCN(C(=O)CCCCCCCCCCC)CCOCCOCC3)CCOCCOCC2)CCOCCOCC1. The molecule has 0 bridgehead atoms. The monoisotopic (exact) mass is 1480 g/mol. The fourth-order valence-corrected chi connectivity index (χ4v) is 13.9. The van der Waals surface area contributed by atoms with Crippen molar-refractivity contribution in [3.63, 3.8) is 0 Å². The van der Waals surface area contributed by atoms with Crippen LogP contribution in [0.25, 0.3) is 0 Å². The Labute approximate surface area is 638 Å². The molecule has 104 heavy (non-hydrogen) atoms.